The predicted octanol–water partition coefficient (Wildman–Crippen LogP) is 1.49. The molecule has 1 N–H and O–H groups in total. The van der Waals surface area contributed by atoms with Crippen LogP contribution in [0.1, 0.15) is 18.5 Å². The Balaban J connectivity index is 1.95. The second-order valence-corrected chi connectivity index (χ2v) is 4.30. The van der Waals surface area contributed by atoms with Gasteiger partial charge in [0.25, 0.3) is 5.69 Å². The molecular formula is C12H17N3O3. The summed E-state index contributed by atoms with van der Waals surface area (Å²) in [6.45, 7) is 5.23. The van der Waals surface area contributed by atoms with E-state index in [-0.39, 0.29) is 16.7 Å². The van der Waals surface area contributed by atoms with E-state index >= 15 is 0 Å². The standard InChI is InChI=1S/C12H17N3O3/c1-10(13-14-6-8-18-9-7-14)11-2-4-12(5-3-11)15(16)17/h2-5,10,13H,6-9H2,1H3. The van der Waals surface area contributed by atoms with Crippen molar-refractivity contribution < 1.29 is 9.66 Å². The molecule has 0 aliphatic carbocycles. The summed E-state index contributed by atoms with van der Waals surface area (Å²) in [5.41, 5.74) is 4.52. The van der Waals surface area contributed by atoms with Crippen LogP contribution in [0.4, 0.5) is 5.69 Å². The van der Waals surface area contributed by atoms with Crippen LogP contribution in [0, 0.1) is 10.1 Å². The lowest BCUT2D eigenvalue weighted by molar-refractivity contribution is -0.384. The van der Waals surface area contributed by atoms with Crippen LogP contribution in [0.25, 0.3) is 0 Å². The number of ether oxygens (including phenoxy) is 1. The van der Waals surface area contributed by atoms with E-state index in [0.29, 0.717) is 0 Å². The summed E-state index contributed by atoms with van der Waals surface area (Å²) in [7, 11) is 0. The molecular weight excluding hydrogens is 234 g/mol. The minimum absolute atomic E-state index is 0.123. The smallest absolute Gasteiger partial charge is 0.269 e. The Bertz CT molecular complexity index is 402. The van der Waals surface area contributed by atoms with Gasteiger partial charge in [0, 0.05) is 31.3 Å². The maximum atomic E-state index is 10.6. The van der Waals surface area contributed by atoms with E-state index in [1.807, 2.05) is 6.92 Å². The van der Waals surface area contributed by atoms with E-state index < -0.39 is 0 Å². The first-order valence-corrected chi connectivity index (χ1v) is 6.00. The molecule has 98 valence electrons. The van der Waals surface area contributed by atoms with E-state index in [4.69, 9.17) is 4.74 Å². The van der Waals surface area contributed by atoms with Crippen LogP contribution >= 0.6 is 0 Å². The Hall–Kier alpha value is -1.50. The van der Waals surface area contributed by atoms with Gasteiger partial charge in [0.1, 0.15) is 0 Å². The normalized spacial score (nSPS) is 18.5. The van der Waals surface area contributed by atoms with E-state index in [0.717, 1.165) is 31.9 Å². The monoisotopic (exact) mass is 251 g/mol. The summed E-state index contributed by atoms with van der Waals surface area (Å²) in [5.74, 6) is 0. The number of nitrogens with one attached hydrogen (secondary N) is 1. The molecule has 0 amide bonds. The number of morpholine rings is 1. The fraction of sp³-hybridized carbons (Fsp3) is 0.500. The van der Waals surface area contributed by atoms with E-state index in [9.17, 15) is 10.1 Å². The number of nitro benzene ring substituents is 1. The summed E-state index contributed by atoms with van der Waals surface area (Å²) in [6, 6.07) is 6.77. The van der Waals surface area contributed by atoms with Crippen molar-refractivity contribution in [3.8, 4) is 0 Å². The summed E-state index contributed by atoms with van der Waals surface area (Å²) in [5, 5.41) is 12.7. The highest BCUT2D eigenvalue weighted by Crippen LogP contribution is 2.17. The zero-order chi connectivity index (χ0) is 13.0. The molecule has 6 nitrogen and oxygen atoms in total. The van der Waals surface area contributed by atoms with Gasteiger partial charge in [-0.1, -0.05) is 12.1 Å². The predicted molar refractivity (Wildman–Crippen MR) is 67.0 cm³/mol. The average Bonchev–Trinajstić information content (AvgIpc) is 2.40. The van der Waals surface area contributed by atoms with Crippen molar-refractivity contribution in [2.45, 2.75) is 13.0 Å². The highest BCUT2D eigenvalue weighted by atomic mass is 16.6. The molecule has 1 heterocycles. The molecule has 1 aliphatic heterocycles. The number of nitrogens with zero attached hydrogens (tertiary/aromatic N) is 2. The van der Waals surface area contributed by atoms with Crippen molar-refractivity contribution in [1.29, 1.82) is 0 Å². The number of non-ortho nitro benzene ring substituents is 1. The molecule has 6 heteroatoms. The van der Waals surface area contributed by atoms with Crippen LogP contribution in [0.3, 0.4) is 0 Å². The molecule has 1 atom stereocenters. The third-order valence-corrected chi connectivity index (χ3v) is 2.99. The van der Waals surface area contributed by atoms with Crippen LogP contribution in [0.5, 0.6) is 0 Å². The van der Waals surface area contributed by atoms with Crippen LogP contribution in [-0.2, 0) is 4.74 Å². The summed E-state index contributed by atoms with van der Waals surface area (Å²) < 4.78 is 5.27. The van der Waals surface area contributed by atoms with Crippen LogP contribution < -0.4 is 5.43 Å². The van der Waals surface area contributed by atoms with Gasteiger partial charge in [-0.05, 0) is 12.5 Å². The van der Waals surface area contributed by atoms with Gasteiger partial charge in [0.05, 0.1) is 18.1 Å². The SMILES string of the molecule is CC(NN1CCOCC1)c1ccc([N+](=O)[O-])cc1. The third-order valence-electron chi connectivity index (χ3n) is 2.99. The quantitative estimate of drug-likeness (QED) is 0.648. The summed E-state index contributed by atoms with van der Waals surface area (Å²) in [6.07, 6.45) is 0. The molecule has 1 unspecified atom stereocenters. The first kappa shape index (κ1) is 12.9. The number of nitro groups is 1. The lowest BCUT2D eigenvalue weighted by Crippen LogP contribution is -2.46. The zero-order valence-electron chi connectivity index (χ0n) is 10.3. The molecule has 1 aromatic carbocycles. The van der Waals surface area contributed by atoms with E-state index in [1.54, 1.807) is 12.1 Å². The van der Waals surface area contributed by atoms with Crippen molar-refractivity contribution in [2.75, 3.05) is 26.3 Å². The van der Waals surface area contributed by atoms with Crippen molar-refractivity contribution in [2.24, 2.45) is 0 Å². The number of hydrogen-bond acceptors (Lipinski definition) is 5. The van der Waals surface area contributed by atoms with E-state index in [2.05, 4.69) is 10.4 Å². The van der Waals surface area contributed by atoms with Crippen LogP contribution in [0.15, 0.2) is 24.3 Å². The van der Waals surface area contributed by atoms with E-state index in [1.165, 1.54) is 12.1 Å². The Morgan fingerprint density at radius 2 is 1.94 bits per heavy atom. The lowest BCUT2D eigenvalue weighted by atomic mass is 10.1. The molecule has 0 radical (unpaired) electrons. The Labute approximate surface area is 106 Å². The molecule has 1 saturated heterocycles. The Kier molecular flexibility index (Phi) is 4.24. The molecule has 1 aliphatic rings. The fourth-order valence-electron chi connectivity index (χ4n) is 1.93. The van der Waals surface area contributed by atoms with Gasteiger partial charge >= 0.3 is 0 Å². The lowest BCUT2D eigenvalue weighted by Gasteiger charge is -2.30. The van der Waals surface area contributed by atoms with Crippen molar-refractivity contribution >= 4 is 5.69 Å². The maximum absolute atomic E-state index is 10.6. The average molecular weight is 251 g/mol. The molecule has 1 aromatic rings. The van der Waals surface area contributed by atoms with Gasteiger partial charge in [-0.2, -0.15) is 0 Å². The number of hydrogen-bond donors (Lipinski definition) is 1. The molecule has 18 heavy (non-hydrogen) atoms. The second kappa shape index (κ2) is 5.90. The highest BCUT2D eigenvalue weighted by Gasteiger charge is 2.14. The maximum Gasteiger partial charge on any atom is 0.269 e. The number of rotatable bonds is 4. The molecule has 1 fully saturated rings. The first-order chi connectivity index (χ1) is 8.66. The first-order valence-electron chi connectivity index (χ1n) is 6.00. The highest BCUT2D eigenvalue weighted by molar-refractivity contribution is 5.33. The van der Waals surface area contributed by atoms with Gasteiger partial charge in [-0.3, -0.25) is 10.1 Å². The minimum atomic E-state index is -0.385. The number of hydrazine groups is 1. The van der Waals surface area contributed by atoms with Crippen LogP contribution in [0.2, 0.25) is 0 Å². The molecule has 2 rings (SSSR count). The van der Waals surface area contributed by atoms with Crippen molar-refractivity contribution in [3.63, 3.8) is 0 Å². The van der Waals surface area contributed by atoms with Gasteiger partial charge in [0.15, 0.2) is 0 Å². The van der Waals surface area contributed by atoms with Crippen molar-refractivity contribution in [3.05, 3.63) is 39.9 Å². The minimum Gasteiger partial charge on any atom is -0.379 e. The molecule has 0 spiro atoms. The van der Waals surface area contributed by atoms with Gasteiger partial charge in [0.2, 0.25) is 0 Å². The van der Waals surface area contributed by atoms with Crippen molar-refractivity contribution in [1.82, 2.24) is 10.4 Å². The van der Waals surface area contributed by atoms with Gasteiger partial charge in [-0.25, -0.2) is 10.4 Å². The molecule has 0 bridgehead atoms. The topological polar surface area (TPSA) is 67.6 Å². The van der Waals surface area contributed by atoms with Gasteiger partial charge < -0.3 is 4.74 Å². The Morgan fingerprint density at radius 3 is 2.50 bits per heavy atom. The van der Waals surface area contributed by atoms with Gasteiger partial charge in [-0.15, -0.1) is 0 Å². The molecule has 0 saturated carbocycles. The third kappa shape index (κ3) is 3.25. The number of benzene rings is 1. The largest absolute Gasteiger partial charge is 0.379 e. The second-order valence-electron chi connectivity index (χ2n) is 4.30. The fourth-order valence-corrected chi connectivity index (χ4v) is 1.93. The van der Waals surface area contributed by atoms with Crippen LogP contribution in [-0.4, -0.2) is 36.2 Å². The zero-order valence-corrected chi connectivity index (χ0v) is 10.3. The molecule has 0 aromatic heterocycles. The summed E-state index contributed by atoms with van der Waals surface area (Å²) in [4.78, 5) is 10.2. The summed E-state index contributed by atoms with van der Waals surface area (Å²) >= 11 is 0. The Morgan fingerprint density at radius 1 is 1.33 bits per heavy atom.